The molecule has 0 amide bonds. The van der Waals surface area contributed by atoms with E-state index in [9.17, 15) is 5.11 Å². The molecule has 0 fully saturated rings. The molecule has 0 bridgehead atoms. The van der Waals surface area contributed by atoms with Crippen LogP contribution in [0.1, 0.15) is 18.9 Å². The van der Waals surface area contributed by atoms with E-state index < -0.39 is 10.2 Å². The smallest absolute Gasteiger partial charge is 0.0630 e. The molecule has 0 saturated heterocycles. The van der Waals surface area contributed by atoms with Crippen molar-refractivity contribution in [3.05, 3.63) is 52.8 Å². The molecule has 1 aromatic carbocycles. The summed E-state index contributed by atoms with van der Waals surface area (Å²) < 4.78 is 2.26. The van der Waals surface area contributed by atoms with Crippen LogP contribution in [0.4, 0.5) is 0 Å². The third-order valence-corrected chi connectivity index (χ3v) is 7.08. The van der Waals surface area contributed by atoms with Gasteiger partial charge in [0.2, 0.25) is 0 Å². The average molecular weight is 277 g/mol. The third-order valence-electron chi connectivity index (χ3n) is 3.53. The van der Waals surface area contributed by atoms with Crippen molar-refractivity contribution in [1.82, 2.24) is 4.31 Å². The first kappa shape index (κ1) is 14.4. The van der Waals surface area contributed by atoms with Crippen LogP contribution in [0, 0.1) is 0 Å². The molecule has 0 aliphatic carbocycles. The Bertz CT molecular complexity index is 481. The molecule has 1 aliphatic rings. The molecule has 2 rings (SSSR count). The van der Waals surface area contributed by atoms with Gasteiger partial charge in [-0.05, 0) is 48.5 Å². The Kier molecular flexibility index (Phi) is 4.50. The highest BCUT2D eigenvalue weighted by Gasteiger charge is 2.28. The van der Waals surface area contributed by atoms with E-state index in [1.54, 1.807) is 0 Å². The molecule has 104 valence electrons. The van der Waals surface area contributed by atoms with E-state index in [-0.39, 0.29) is 6.10 Å². The van der Waals surface area contributed by atoms with E-state index >= 15 is 0 Å². The lowest BCUT2D eigenvalue weighted by Crippen LogP contribution is -2.24. The minimum absolute atomic E-state index is 0.228. The zero-order chi connectivity index (χ0) is 13.9. The van der Waals surface area contributed by atoms with Crippen molar-refractivity contribution in [3.63, 3.8) is 0 Å². The fraction of sp³-hybridized carbons (Fsp3) is 0.375. The maximum Gasteiger partial charge on any atom is 0.0630 e. The fourth-order valence-corrected chi connectivity index (χ4v) is 5.12. The summed E-state index contributed by atoms with van der Waals surface area (Å²) in [6.07, 6.45) is 2.78. The highest BCUT2D eigenvalue weighted by atomic mass is 32.3. The van der Waals surface area contributed by atoms with Crippen LogP contribution >= 0.6 is 10.2 Å². The van der Waals surface area contributed by atoms with Gasteiger partial charge in [0.25, 0.3) is 0 Å². The van der Waals surface area contributed by atoms with Crippen LogP contribution < -0.4 is 0 Å². The standard InChI is InChI=1S/C16H23NOS/c1-4-16(18)13-19(17(2)3)11-10-15(12-19)14-8-6-5-7-9-14/h5-12,16,18H,4,13H2,1-3H3. The summed E-state index contributed by atoms with van der Waals surface area (Å²) in [4.78, 5) is 0. The molecule has 0 aromatic heterocycles. The molecule has 0 radical (unpaired) electrons. The van der Waals surface area contributed by atoms with Gasteiger partial charge in [0.05, 0.1) is 6.10 Å². The van der Waals surface area contributed by atoms with Crippen molar-refractivity contribution in [1.29, 1.82) is 0 Å². The lowest BCUT2D eigenvalue weighted by Gasteiger charge is -2.40. The molecule has 3 heteroatoms. The second-order valence-corrected chi connectivity index (χ2v) is 8.28. The van der Waals surface area contributed by atoms with Gasteiger partial charge in [0.15, 0.2) is 0 Å². The second kappa shape index (κ2) is 5.95. The molecule has 1 aliphatic heterocycles. The maximum absolute atomic E-state index is 10.0. The minimum Gasteiger partial charge on any atom is -0.392 e. The number of allylic oxidation sites excluding steroid dienone is 2. The lowest BCUT2D eigenvalue weighted by molar-refractivity contribution is 0.194. The van der Waals surface area contributed by atoms with Crippen LogP contribution in [0.15, 0.2) is 47.2 Å². The van der Waals surface area contributed by atoms with Crippen molar-refractivity contribution in [2.24, 2.45) is 0 Å². The monoisotopic (exact) mass is 277 g/mol. The van der Waals surface area contributed by atoms with E-state index in [4.69, 9.17) is 0 Å². The van der Waals surface area contributed by atoms with Crippen LogP contribution in [-0.4, -0.2) is 35.4 Å². The summed E-state index contributed by atoms with van der Waals surface area (Å²) in [7, 11) is 3.06. The van der Waals surface area contributed by atoms with Crippen LogP contribution in [0.25, 0.3) is 5.57 Å². The molecular formula is C16H23NOS. The van der Waals surface area contributed by atoms with Crippen LogP contribution in [-0.2, 0) is 0 Å². The minimum atomic E-state index is -1.15. The van der Waals surface area contributed by atoms with Gasteiger partial charge in [-0.2, -0.15) is 0 Å². The van der Waals surface area contributed by atoms with E-state index in [0.717, 1.165) is 12.2 Å². The Balaban J connectivity index is 2.29. The molecular weight excluding hydrogens is 254 g/mol. The van der Waals surface area contributed by atoms with E-state index in [1.807, 2.05) is 13.0 Å². The normalized spacial score (nSPS) is 27.1. The third kappa shape index (κ3) is 3.11. The first-order valence-corrected chi connectivity index (χ1v) is 8.58. The van der Waals surface area contributed by atoms with Crippen molar-refractivity contribution < 1.29 is 5.11 Å². The van der Waals surface area contributed by atoms with Gasteiger partial charge in [0.1, 0.15) is 0 Å². The first-order valence-electron chi connectivity index (χ1n) is 6.69. The molecule has 1 aromatic rings. The largest absolute Gasteiger partial charge is 0.392 e. The Morgan fingerprint density at radius 2 is 1.89 bits per heavy atom. The summed E-state index contributed by atoms with van der Waals surface area (Å²) in [5, 5.41) is 14.7. The van der Waals surface area contributed by atoms with E-state index in [1.165, 1.54) is 11.1 Å². The van der Waals surface area contributed by atoms with Crippen LogP contribution in [0.3, 0.4) is 0 Å². The Hall–Kier alpha value is -1.03. The number of nitrogens with zero attached hydrogens (tertiary/aromatic N) is 1. The molecule has 19 heavy (non-hydrogen) atoms. The lowest BCUT2D eigenvalue weighted by atomic mass is 10.1. The zero-order valence-electron chi connectivity index (χ0n) is 11.9. The molecule has 2 atom stereocenters. The van der Waals surface area contributed by atoms with Gasteiger partial charge in [-0.3, -0.25) is 4.31 Å². The Labute approximate surface area is 117 Å². The van der Waals surface area contributed by atoms with Crippen LogP contribution in [0.5, 0.6) is 0 Å². The predicted molar refractivity (Wildman–Crippen MR) is 86.0 cm³/mol. The summed E-state index contributed by atoms with van der Waals surface area (Å²) in [6, 6.07) is 10.4. The number of aliphatic hydroxyl groups excluding tert-OH is 1. The van der Waals surface area contributed by atoms with Gasteiger partial charge < -0.3 is 5.11 Å². The van der Waals surface area contributed by atoms with Crippen molar-refractivity contribution in [2.75, 3.05) is 19.8 Å². The number of hydrogen-bond acceptors (Lipinski definition) is 2. The number of hydrogen-bond donors (Lipinski definition) is 1. The summed E-state index contributed by atoms with van der Waals surface area (Å²) in [5.41, 5.74) is 2.52. The zero-order valence-corrected chi connectivity index (χ0v) is 12.7. The predicted octanol–water partition coefficient (Wildman–Crippen LogP) is 3.61. The quantitative estimate of drug-likeness (QED) is 0.889. The van der Waals surface area contributed by atoms with Crippen molar-refractivity contribution >= 4 is 15.8 Å². The second-order valence-electron chi connectivity index (χ2n) is 5.09. The van der Waals surface area contributed by atoms with Crippen molar-refractivity contribution in [2.45, 2.75) is 19.4 Å². The summed E-state index contributed by atoms with van der Waals surface area (Å²) in [5.74, 6) is 0.823. The molecule has 2 unspecified atom stereocenters. The number of aliphatic hydroxyl groups is 1. The molecule has 1 heterocycles. The van der Waals surface area contributed by atoms with Gasteiger partial charge in [-0.1, -0.05) is 37.3 Å². The number of benzene rings is 1. The van der Waals surface area contributed by atoms with Crippen molar-refractivity contribution in [3.8, 4) is 0 Å². The van der Waals surface area contributed by atoms with Gasteiger partial charge in [0, 0.05) is 5.75 Å². The van der Waals surface area contributed by atoms with Gasteiger partial charge >= 0.3 is 0 Å². The maximum atomic E-state index is 10.0. The van der Waals surface area contributed by atoms with E-state index in [0.29, 0.717) is 0 Å². The molecule has 1 N–H and O–H groups in total. The van der Waals surface area contributed by atoms with Gasteiger partial charge in [-0.15, -0.1) is 10.2 Å². The first-order chi connectivity index (χ1) is 9.07. The molecule has 0 saturated carbocycles. The highest BCUT2D eigenvalue weighted by molar-refractivity contribution is 8.36. The van der Waals surface area contributed by atoms with Crippen LogP contribution in [0.2, 0.25) is 0 Å². The van der Waals surface area contributed by atoms with Gasteiger partial charge in [-0.25, -0.2) is 0 Å². The SMILES string of the molecule is CCC(O)CS1(N(C)C)C=CC(c2ccccc2)=C1. The highest BCUT2D eigenvalue weighted by Crippen LogP contribution is 2.58. The van der Waals surface area contributed by atoms with E-state index in [2.05, 4.69) is 59.6 Å². The molecule has 2 nitrogen and oxygen atoms in total. The molecule has 0 spiro atoms. The Morgan fingerprint density at radius 3 is 2.47 bits per heavy atom. The topological polar surface area (TPSA) is 23.5 Å². The summed E-state index contributed by atoms with van der Waals surface area (Å²) in [6.45, 7) is 2.04. The fourth-order valence-electron chi connectivity index (χ4n) is 2.19. The summed E-state index contributed by atoms with van der Waals surface area (Å²) >= 11 is 0. The Morgan fingerprint density at radius 1 is 1.21 bits per heavy atom. The number of rotatable bonds is 5. The average Bonchev–Trinajstić information content (AvgIpc) is 2.85.